The molecule has 2 aromatic heterocycles. The second kappa shape index (κ2) is 9.90. The van der Waals surface area contributed by atoms with E-state index in [2.05, 4.69) is 56.1 Å². The summed E-state index contributed by atoms with van der Waals surface area (Å²) in [5, 5.41) is 8.01. The summed E-state index contributed by atoms with van der Waals surface area (Å²) < 4.78 is 24.3. The minimum Gasteiger partial charge on any atom is -0.369 e. The van der Waals surface area contributed by atoms with Gasteiger partial charge in [-0.3, -0.25) is 4.55 Å². The fourth-order valence-corrected chi connectivity index (χ4v) is 4.40. The van der Waals surface area contributed by atoms with E-state index in [0.29, 0.717) is 12.5 Å². The molecule has 176 valence electrons. The first kappa shape index (κ1) is 22.5. The van der Waals surface area contributed by atoms with E-state index in [-0.39, 0.29) is 0 Å². The molecule has 1 atom stereocenters. The van der Waals surface area contributed by atoms with E-state index in [1.807, 2.05) is 40.9 Å². The largest absolute Gasteiger partial charge is 0.369 e. The van der Waals surface area contributed by atoms with Crippen molar-refractivity contribution in [3.63, 3.8) is 0 Å². The lowest BCUT2D eigenvalue weighted by Gasteiger charge is -2.34. The predicted octanol–water partition coefficient (Wildman–Crippen LogP) is 3.12. The van der Waals surface area contributed by atoms with Crippen molar-refractivity contribution in [3.05, 3.63) is 72.4 Å². The van der Waals surface area contributed by atoms with Gasteiger partial charge in [-0.05, 0) is 55.1 Å². The Morgan fingerprint density at radius 3 is 2.59 bits per heavy atom. The van der Waals surface area contributed by atoms with Crippen LogP contribution in [0.5, 0.6) is 0 Å². The van der Waals surface area contributed by atoms with Crippen LogP contribution in [0.4, 0.5) is 17.3 Å². The molecule has 1 aliphatic heterocycles. The third kappa shape index (κ3) is 5.10. The van der Waals surface area contributed by atoms with Crippen molar-refractivity contribution in [2.75, 3.05) is 43.4 Å². The van der Waals surface area contributed by atoms with Gasteiger partial charge in [0.1, 0.15) is 0 Å². The fourth-order valence-electron chi connectivity index (χ4n) is 4.11. The van der Waals surface area contributed by atoms with Gasteiger partial charge in [-0.15, -0.1) is 5.10 Å². The highest BCUT2D eigenvalue weighted by atomic mass is 32.2. The summed E-state index contributed by atoms with van der Waals surface area (Å²) >= 11 is -2.05. The zero-order valence-electron chi connectivity index (χ0n) is 18.9. The van der Waals surface area contributed by atoms with Crippen LogP contribution in [0, 0.1) is 0 Å². The predicted molar refractivity (Wildman–Crippen MR) is 135 cm³/mol. The minimum absolute atomic E-state index is 0.298. The smallest absolute Gasteiger partial charge is 0.245 e. The van der Waals surface area contributed by atoms with Gasteiger partial charge in [0.2, 0.25) is 17.2 Å². The summed E-state index contributed by atoms with van der Waals surface area (Å²) in [5.41, 5.74) is 5.81. The molecular weight excluding hydrogens is 450 g/mol. The number of likely N-dealkylation sites (N-methyl/N-ethyl adjacent to an activating group) is 1. The molecule has 1 saturated heterocycles. The zero-order chi connectivity index (χ0) is 23.5. The third-order valence-corrected chi connectivity index (χ3v) is 6.40. The van der Waals surface area contributed by atoms with E-state index in [9.17, 15) is 4.21 Å². The molecule has 9 nitrogen and oxygen atoms in total. The molecule has 4 aromatic rings. The number of hydrogen-bond donors (Lipinski definition) is 3. The van der Waals surface area contributed by atoms with E-state index >= 15 is 0 Å². The van der Waals surface area contributed by atoms with Crippen molar-refractivity contribution in [3.8, 4) is 11.3 Å². The Hall–Kier alpha value is -3.31. The molecule has 34 heavy (non-hydrogen) atoms. The highest BCUT2D eigenvalue weighted by Crippen LogP contribution is 2.25. The number of hydrogen-bond acceptors (Lipinski definition) is 6. The molecule has 10 heteroatoms. The number of rotatable bonds is 7. The second-order valence-electron chi connectivity index (χ2n) is 8.37. The van der Waals surface area contributed by atoms with Gasteiger partial charge < -0.3 is 15.1 Å². The van der Waals surface area contributed by atoms with Gasteiger partial charge in [0, 0.05) is 49.7 Å². The average molecular weight is 478 g/mol. The molecule has 1 fully saturated rings. The molecule has 3 N–H and O–H groups in total. The first-order chi connectivity index (χ1) is 16.5. The van der Waals surface area contributed by atoms with Gasteiger partial charge >= 0.3 is 0 Å². The van der Waals surface area contributed by atoms with Gasteiger partial charge in [-0.25, -0.2) is 18.4 Å². The topological polar surface area (TPSA) is 98.0 Å². The summed E-state index contributed by atoms with van der Waals surface area (Å²) in [4.78, 5) is 9.22. The quantitative estimate of drug-likeness (QED) is 0.352. The lowest BCUT2D eigenvalue weighted by atomic mass is 10.1. The Kier molecular flexibility index (Phi) is 6.54. The Balaban J connectivity index is 1.34. The Morgan fingerprint density at radius 1 is 1.03 bits per heavy atom. The number of benzene rings is 2. The zero-order valence-corrected chi connectivity index (χ0v) is 19.7. The monoisotopic (exact) mass is 477 g/mol. The molecule has 0 radical (unpaired) electrons. The van der Waals surface area contributed by atoms with E-state index in [1.54, 1.807) is 6.20 Å². The van der Waals surface area contributed by atoms with Crippen molar-refractivity contribution >= 4 is 34.1 Å². The Morgan fingerprint density at radius 2 is 1.82 bits per heavy atom. The normalized spacial score (nSPS) is 15.5. The lowest BCUT2D eigenvalue weighted by molar-refractivity contribution is 0.313. The molecule has 0 aliphatic carbocycles. The second-order valence-corrected chi connectivity index (χ2v) is 9.16. The van der Waals surface area contributed by atoms with Crippen LogP contribution >= 0.6 is 0 Å². The maximum atomic E-state index is 10.9. The van der Waals surface area contributed by atoms with Crippen molar-refractivity contribution in [2.24, 2.45) is 0 Å². The van der Waals surface area contributed by atoms with Crippen molar-refractivity contribution in [1.29, 1.82) is 0 Å². The molecule has 3 heterocycles. The Bertz CT molecular complexity index is 1300. The van der Waals surface area contributed by atoms with Gasteiger partial charge in [-0.1, -0.05) is 18.2 Å². The number of fused-ring (bicyclic) bond motifs is 1. The molecular formula is C24H27N7O2S. The van der Waals surface area contributed by atoms with Crippen LogP contribution in [0.1, 0.15) is 5.56 Å². The molecule has 0 bridgehead atoms. The minimum atomic E-state index is -2.05. The molecule has 1 aliphatic rings. The maximum absolute atomic E-state index is 10.9. The molecule has 5 rings (SSSR count). The van der Waals surface area contributed by atoms with E-state index in [1.165, 1.54) is 5.69 Å². The SMILES string of the molecule is CN1CCN(c2ccc(Nc3ncc4ccc(-c5cccc(CNS(=O)O)c5)n4n3)cc2)CC1. The number of anilines is 3. The summed E-state index contributed by atoms with van der Waals surface area (Å²) in [6.45, 7) is 4.52. The number of aromatic nitrogens is 3. The number of nitrogens with zero attached hydrogens (tertiary/aromatic N) is 5. The molecule has 0 spiro atoms. The van der Waals surface area contributed by atoms with E-state index in [4.69, 9.17) is 9.65 Å². The Labute approximate surface area is 200 Å². The van der Waals surface area contributed by atoms with Gasteiger partial charge in [0.25, 0.3) is 0 Å². The first-order valence-corrected chi connectivity index (χ1v) is 12.2. The highest BCUT2D eigenvalue weighted by Gasteiger charge is 2.14. The summed E-state index contributed by atoms with van der Waals surface area (Å²) in [5.74, 6) is 0.505. The average Bonchev–Trinajstić information content (AvgIpc) is 3.27. The fraction of sp³-hybridized carbons (Fsp3) is 0.250. The van der Waals surface area contributed by atoms with Crippen LogP contribution in [0.3, 0.4) is 0 Å². The van der Waals surface area contributed by atoms with Crippen LogP contribution in [0.15, 0.2) is 66.9 Å². The maximum Gasteiger partial charge on any atom is 0.245 e. The van der Waals surface area contributed by atoms with Crippen molar-refractivity contribution in [1.82, 2.24) is 24.2 Å². The molecule has 0 amide bonds. The molecule has 1 unspecified atom stereocenters. The first-order valence-electron chi connectivity index (χ1n) is 11.1. The van der Waals surface area contributed by atoms with Gasteiger partial charge in [0.05, 0.1) is 17.4 Å². The van der Waals surface area contributed by atoms with E-state index < -0.39 is 11.3 Å². The van der Waals surface area contributed by atoms with Crippen LogP contribution in [-0.2, 0) is 17.8 Å². The van der Waals surface area contributed by atoms with Crippen LogP contribution in [-0.4, -0.2) is 61.5 Å². The lowest BCUT2D eigenvalue weighted by Crippen LogP contribution is -2.44. The number of piperazine rings is 1. The van der Waals surface area contributed by atoms with Crippen LogP contribution in [0.2, 0.25) is 0 Å². The summed E-state index contributed by atoms with van der Waals surface area (Å²) in [6.07, 6.45) is 1.79. The summed E-state index contributed by atoms with van der Waals surface area (Å²) in [6, 6.07) is 20.1. The highest BCUT2D eigenvalue weighted by molar-refractivity contribution is 7.77. The van der Waals surface area contributed by atoms with Crippen LogP contribution in [0.25, 0.3) is 16.8 Å². The van der Waals surface area contributed by atoms with Crippen molar-refractivity contribution < 1.29 is 8.76 Å². The number of nitrogens with one attached hydrogen (secondary N) is 2. The van der Waals surface area contributed by atoms with Gasteiger partial charge in [-0.2, -0.15) is 0 Å². The summed E-state index contributed by atoms with van der Waals surface area (Å²) in [7, 11) is 2.16. The van der Waals surface area contributed by atoms with Crippen LogP contribution < -0.4 is 14.9 Å². The molecule has 0 saturated carbocycles. The third-order valence-electron chi connectivity index (χ3n) is 6.01. The molecule has 2 aromatic carbocycles. The van der Waals surface area contributed by atoms with Gasteiger partial charge in [0.15, 0.2) is 0 Å². The van der Waals surface area contributed by atoms with E-state index in [0.717, 1.165) is 54.2 Å². The standard InChI is InChI=1S/C24H27N7O2S/c1-29-11-13-30(14-12-29)21-7-5-20(6-8-21)27-24-25-17-22-9-10-23(31(22)28-24)19-4-2-3-18(15-19)16-26-34(32)33/h2-10,15,17,26H,11-14,16H2,1H3,(H,27,28)(H,32,33). The van der Waals surface area contributed by atoms with Crippen molar-refractivity contribution in [2.45, 2.75) is 6.54 Å².